The van der Waals surface area contributed by atoms with Gasteiger partial charge in [-0.1, -0.05) is 18.2 Å². The van der Waals surface area contributed by atoms with E-state index in [1.807, 2.05) is 0 Å². The van der Waals surface area contributed by atoms with Crippen LogP contribution in [0.4, 0.5) is 13.2 Å². The summed E-state index contributed by atoms with van der Waals surface area (Å²) in [6.45, 7) is -0.276. The van der Waals surface area contributed by atoms with Gasteiger partial charge in [0.25, 0.3) is 0 Å². The van der Waals surface area contributed by atoms with Gasteiger partial charge in [0.1, 0.15) is 11.9 Å². The third kappa shape index (κ3) is 3.88. The van der Waals surface area contributed by atoms with Gasteiger partial charge in [-0.15, -0.1) is 13.2 Å². The van der Waals surface area contributed by atoms with Crippen molar-refractivity contribution < 1.29 is 28.1 Å². The largest absolute Gasteiger partial charge is 0.573 e. The zero-order valence-electron chi connectivity index (χ0n) is 8.69. The van der Waals surface area contributed by atoms with Crippen molar-refractivity contribution in [3.05, 3.63) is 29.8 Å². The molecule has 0 amide bonds. The number of benzene rings is 1. The highest BCUT2D eigenvalue weighted by atomic mass is 19.4. The predicted molar refractivity (Wildman–Crippen MR) is 53.1 cm³/mol. The molecule has 1 aromatic carbocycles. The SMILES string of the molecule is NCC(O)C(O)c1ccccc1OC(F)(F)F. The first-order valence-electron chi connectivity index (χ1n) is 4.76. The minimum absolute atomic E-state index is 0.164. The maximum absolute atomic E-state index is 12.1. The molecule has 1 aromatic rings. The fourth-order valence-electron chi connectivity index (χ4n) is 1.28. The number of ether oxygens (including phenoxy) is 1. The molecule has 0 aliphatic heterocycles. The van der Waals surface area contributed by atoms with E-state index in [1.165, 1.54) is 18.2 Å². The van der Waals surface area contributed by atoms with Gasteiger partial charge in [0, 0.05) is 12.1 Å². The van der Waals surface area contributed by atoms with Gasteiger partial charge in [0.05, 0.1) is 6.10 Å². The first kappa shape index (κ1) is 13.8. The molecular weight excluding hydrogens is 239 g/mol. The number of para-hydroxylation sites is 1. The number of rotatable bonds is 4. The molecule has 0 aromatic heterocycles. The predicted octanol–water partition coefficient (Wildman–Crippen LogP) is 0.938. The van der Waals surface area contributed by atoms with Gasteiger partial charge in [-0.25, -0.2) is 0 Å². The van der Waals surface area contributed by atoms with Crippen LogP contribution in [0.25, 0.3) is 0 Å². The summed E-state index contributed by atoms with van der Waals surface area (Å²) >= 11 is 0. The topological polar surface area (TPSA) is 75.7 Å². The zero-order valence-corrected chi connectivity index (χ0v) is 8.69. The van der Waals surface area contributed by atoms with E-state index in [1.54, 1.807) is 0 Å². The highest BCUT2D eigenvalue weighted by Gasteiger charge is 2.33. The van der Waals surface area contributed by atoms with Crippen LogP contribution in [-0.2, 0) is 0 Å². The monoisotopic (exact) mass is 251 g/mol. The van der Waals surface area contributed by atoms with E-state index in [2.05, 4.69) is 4.74 Å². The lowest BCUT2D eigenvalue weighted by atomic mass is 10.0. The molecule has 0 aliphatic rings. The Morgan fingerprint density at radius 3 is 2.35 bits per heavy atom. The van der Waals surface area contributed by atoms with E-state index in [4.69, 9.17) is 5.73 Å². The van der Waals surface area contributed by atoms with Crippen LogP contribution in [0.1, 0.15) is 11.7 Å². The van der Waals surface area contributed by atoms with Crippen molar-refractivity contribution in [2.24, 2.45) is 5.73 Å². The van der Waals surface area contributed by atoms with Crippen molar-refractivity contribution in [2.75, 3.05) is 6.54 Å². The summed E-state index contributed by atoms with van der Waals surface area (Å²) in [5.74, 6) is -0.556. The summed E-state index contributed by atoms with van der Waals surface area (Å²) < 4.78 is 40.0. The number of aliphatic hydroxyl groups is 2. The zero-order chi connectivity index (χ0) is 13.1. The standard InChI is InChI=1S/C10H12F3NO3/c11-10(12,13)17-8-4-2-1-3-6(8)9(16)7(15)5-14/h1-4,7,9,15-16H,5,14H2. The van der Waals surface area contributed by atoms with Crippen LogP contribution in [0.2, 0.25) is 0 Å². The maximum atomic E-state index is 12.1. The highest BCUT2D eigenvalue weighted by Crippen LogP contribution is 2.31. The van der Waals surface area contributed by atoms with Gasteiger partial charge < -0.3 is 20.7 Å². The Morgan fingerprint density at radius 1 is 1.24 bits per heavy atom. The Morgan fingerprint density at radius 2 is 1.82 bits per heavy atom. The molecule has 96 valence electrons. The lowest BCUT2D eigenvalue weighted by molar-refractivity contribution is -0.275. The molecule has 4 N–H and O–H groups in total. The van der Waals surface area contributed by atoms with Gasteiger partial charge >= 0.3 is 6.36 Å². The van der Waals surface area contributed by atoms with E-state index < -0.39 is 24.3 Å². The van der Waals surface area contributed by atoms with Crippen molar-refractivity contribution in [3.63, 3.8) is 0 Å². The second-order valence-electron chi connectivity index (χ2n) is 3.33. The summed E-state index contributed by atoms with van der Waals surface area (Å²) in [6, 6.07) is 5.02. The van der Waals surface area contributed by atoms with Crippen molar-refractivity contribution in [1.82, 2.24) is 0 Å². The summed E-state index contributed by atoms with van der Waals surface area (Å²) in [5.41, 5.74) is 4.95. The van der Waals surface area contributed by atoms with Gasteiger partial charge in [0.2, 0.25) is 0 Å². The minimum atomic E-state index is -4.86. The van der Waals surface area contributed by atoms with Crippen molar-refractivity contribution in [3.8, 4) is 5.75 Å². The Kier molecular flexibility index (Phi) is 4.33. The molecular formula is C10H12F3NO3. The fourth-order valence-corrected chi connectivity index (χ4v) is 1.28. The number of nitrogens with two attached hydrogens (primary N) is 1. The number of halogens is 3. The van der Waals surface area contributed by atoms with E-state index in [0.29, 0.717) is 0 Å². The molecule has 2 unspecified atom stereocenters. The van der Waals surface area contributed by atoms with Gasteiger partial charge in [-0.05, 0) is 6.07 Å². The molecule has 4 nitrogen and oxygen atoms in total. The normalized spacial score (nSPS) is 15.4. The van der Waals surface area contributed by atoms with Crippen molar-refractivity contribution in [2.45, 2.75) is 18.6 Å². The van der Waals surface area contributed by atoms with Crippen LogP contribution in [0, 0.1) is 0 Å². The molecule has 17 heavy (non-hydrogen) atoms. The molecule has 0 saturated heterocycles. The molecule has 0 heterocycles. The van der Waals surface area contributed by atoms with Crippen LogP contribution < -0.4 is 10.5 Å². The van der Waals surface area contributed by atoms with E-state index in [9.17, 15) is 23.4 Å². The number of hydrogen-bond donors (Lipinski definition) is 3. The third-order valence-electron chi connectivity index (χ3n) is 2.07. The first-order chi connectivity index (χ1) is 7.85. The Hall–Kier alpha value is -1.31. The van der Waals surface area contributed by atoms with Crippen LogP contribution in [0.3, 0.4) is 0 Å². The Balaban J connectivity index is 2.99. The molecule has 0 spiro atoms. The van der Waals surface area contributed by atoms with Crippen LogP contribution in [0.5, 0.6) is 5.75 Å². The lowest BCUT2D eigenvalue weighted by Crippen LogP contribution is -2.28. The summed E-state index contributed by atoms with van der Waals surface area (Å²) in [4.78, 5) is 0. The average Bonchev–Trinajstić information content (AvgIpc) is 2.25. The van der Waals surface area contributed by atoms with Gasteiger partial charge in [0.15, 0.2) is 0 Å². The van der Waals surface area contributed by atoms with E-state index in [0.717, 1.165) is 6.07 Å². The Labute approximate surface area is 95.4 Å². The Bertz CT molecular complexity index is 370. The molecule has 0 radical (unpaired) electrons. The van der Waals surface area contributed by atoms with Crippen LogP contribution >= 0.6 is 0 Å². The van der Waals surface area contributed by atoms with Gasteiger partial charge in [-0.2, -0.15) is 0 Å². The molecule has 2 atom stereocenters. The summed E-state index contributed by atoms with van der Waals surface area (Å²) in [7, 11) is 0. The second-order valence-corrected chi connectivity index (χ2v) is 3.33. The van der Waals surface area contributed by atoms with Crippen LogP contribution in [0.15, 0.2) is 24.3 Å². The summed E-state index contributed by atoms with van der Waals surface area (Å²) in [6.07, 6.45) is -7.74. The fraction of sp³-hybridized carbons (Fsp3) is 0.400. The molecule has 0 saturated carbocycles. The summed E-state index contributed by atoms with van der Waals surface area (Å²) in [5, 5.41) is 18.9. The van der Waals surface area contributed by atoms with Crippen molar-refractivity contribution >= 4 is 0 Å². The molecule has 0 bridgehead atoms. The van der Waals surface area contributed by atoms with Crippen molar-refractivity contribution in [1.29, 1.82) is 0 Å². The second kappa shape index (κ2) is 5.35. The van der Waals surface area contributed by atoms with Gasteiger partial charge in [-0.3, -0.25) is 0 Å². The third-order valence-corrected chi connectivity index (χ3v) is 2.07. The van der Waals surface area contributed by atoms with E-state index >= 15 is 0 Å². The number of hydrogen-bond acceptors (Lipinski definition) is 4. The first-order valence-corrected chi connectivity index (χ1v) is 4.76. The molecule has 0 aliphatic carbocycles. The quantitative estimate of drug-likeness (QED) is 0.744. The van der Waals surface area contributed by atoms with Crippen LogP contribution in [-0.4, -0.2) is 29.2 Å². The van der Waals surface area contributed by atoms with E-state index in [-0.39, 0.29) is 12.1 Å². The minimum Gasteiger partial charge on any atom is -0.405 e. The molecule has 0 fully saturated rings. The molecule has 7 heteroatoms. The number of alkyl halides is 3. The average molecular weight is 251 g/mol. The lowest BCUT2D eigenvalue weighted by Gasteiger charge is -2.20. The highest BCUT2D eigenvalue weighted by molar-refractivity contribution is 5.35. The number of aliphatic hydroxyl groups excluding tert-OH is 2. The smallest absolute Gasteiger partial charge is 0.405 e. The molecule has 1 rings (SSSR count). The maximum Gasteiger partial charge on any atom is 0.573 e.